The number of nitrogens with one attached hydrogen (secondary N) is 1. The molecule has 98 valence electrons. The molecule has 0 atom stereocenters. The summed E-state index contributed by atoms with van der Waals surface area (Å²) in [6.07, 6.45) is 0.839. The first-order valence-electron chi connectivity index (χ1n) is 6.41. The fourth-order valence-corrected chi connectivity index (χ4v) is 1.87. The van der Waals surface area contributed by atoms with Crippen LogP contribution >= 0.6 is 0 Å². The molecule has 0 saturated heterocycles. The van der Waals surface area contributed by atoms with Crippen LogP contribution in [0, 0.1) is 0 Å². The molecule has 3 N–H and O–H groups in total. The molecular weight excluding hydrogens is 236 g/mol. The van der Waals surface area contributed by atoms with E-state index in [0.29, 0.717) is 18.7 Å². The molecule has 0 fully saturated rings. The van der Waals surface area contributed by atoms with Crippen LogP contribution in [0.15, 0.2) is 54.6 Å². The fourth-order valence-electron chi connectivity index (χ4n) is 1.87. The lowest BCUT2D eigenvalue weighted by atomic mass is 10.1. The average molecular weight is 254 g/mol. The van der Waals surface area contributed by atoms with E-state index in [4.69, 9.17) is 5.73 Å². The highest BCUT2D eigenvalue weighted by Gasteiger charge is 2.04. The van der Waals surface area contributed by atoms with Crippen LogP contribution < -0.4 is 11.1 Å². The Balaban J connectivity index is 1.92. The minimum Gasteiger partial charge on any atom is -0.348 e. The third-order valence-corrected chi connectivity index (χ3v) is 2.95. The molecule has 0 aliphatic carbocycles. The van der Waals surface area contributed by atoms with Crippen LogP contribution in [0.1, 0.15) is 21.5 Å². The Morgan fingerprint density at radius 1 is 0.947 bits per heavy atom. The third kappa shape index (κ3) is 3.93. The molecule has 0 heterocycles. The van der Waals surface area contributed by atoms with Gasteiger partial charge in [-0.1, -0.05) is 42.5 Å². The second kappa shape index (κ2) is 6.71. The molecule has 0 saturated carbocycles. The van der Waals surface area contributed by atoms with Gasteiger partial charge >= 0.3 is 0 Å². The molecule has 0 spiro atoms. The van der Waals surface area contributed by atoms with Gasteiger partial charge in [0.15, 0.2) is 0 Å². The summed E-state index contributed by atoms with van der Waals surface area (Å²) < 4.78 is 0. The van der Waals surface area contributed by atoms with Gasteiger partial charge in [-0.2, -0.15) is 0 Å². The van der Waals surface area contributed by atoms with Crippen molar-refractivity contribution in [3.63, 3.8) is 0 Å². The maximum Gasteiger partial charge on any atom is 0.251 e. The predicted octanol–water partition coefficient (Wildman–Crippen LogP) is 2.12. The number of benzene rings is 2. The van der Waals surface area contributed by atoms with Gasteiger partial charge in [-0.25, -0.2) is 0 Å². The lowest BCUT2D eigenvalue weighted by Gasteiger charge is -2.06. The van der Waals surface area contributed by atoms with E-state index in [0.717, 1.165) is 17.5 Å². The van der Waals surface area contributed by atoms with Crippen LogP contribution in [-0.4, -0.2) is 12.5 Å². The molecule has 2 aromatic carbocycles. The highest BCUT2D eigenvalue weighted by Crippen LogP contribution is 2.05. The van der Waals surface area contributed by atoms with Gasteiger partial charge in [0.05, 0.1) is 0 Å². The topological polar surface area (TPSA) is 55.1 Å². The molecule has 0 unspecified atom stereocenters. The molecule has 19 heavy (non-hydrogen) atoms. The zero-order valence-corrected chi connectivity index (χ0v) is 10.8. The number of amides is 1. The minimum atomic E-state index is -0.0526. The van der Waals surface area contributed by atoms with Crippen molar-refractivity contribution in [1.82, 2.24) is 5.32 Å². The second-order valence-electron chi connectivity index (χ2n) is 4.40. The summed E-state index contributed by atoms with van der Waals surface area (Å²) in [4.78, 5) is 12.0. The van der Waals surface area contributed by atoms with E-state index in [-0.39, 0.29) is 5.91 Å². The number of hydrogen-bond acceptors (Lipinski definition) is 2. The highest BCUT2D eigenvalue weighted by atomic mass is 16.1. The van der Waals surface area contributed by atoms with Crippen molar-refractivity contribution in [3.05, 3.63) is 71.3 Å². The first-order valence-corrected chi connectivity index (χ1v) is 6.41. The number of rotatable bonds is 5. The van der Waals surface area contributed by atoms with Gasteiger partial charge < -0.3 is 11.1 Å². The molecule has 1 amide bonds. The normalized spacial score (nSPS) is 10.2. The van der Waals surface area contributed by atoms with Crippen molar-refractivity contribution >= 4 is 5.91 Å². The number of carbonyl (C=O) groups is 1. The van der Waals surface area contributed by atoms with Gasteiger partial charge in [0.2, 0.25) is 0 Å². The average Bonchev–Trinajstić information content (AvgIpc) is 2.47. The summed E-state index contributed by atoms with van der Waals surface area (Å²) in [5, 5.41) is 2.90. The maximum absolute atomic E-state index is 12.0. The predicted molar refractivity (Wildman–Crippen MR) is 76.8 cm³/mol. The van der Waals surface area contributed by atoms with Crippen molar-refractivity contribution in [2.24, 2.45) is 5.73 Å². The Morgan fingerprint density at radius 2 is 1.63 bits per heavy atom. The maximum atomic E-state index is 12.0. The van der Waals surface area contributed by atoms with Crippen molar-refractivity contribution in [2.45, 2.75) is 13.0 Å². The summed E-state index contributed by atoms with van der Waals surface area (Å²) in [6, 6.07) is 17.4. The Morgan fingerprint density at radius 3 is 2.26 bits per heavy atom. The monoisotopic (exact) mass is 254 g/mol. The molecular formula is C16H18N2O. The Bertz CT molecular complexity index is 520. The summed E-state index contributed by atoms with van der Waals surface area (Å²) in [5.74, 6) is -0.0526. The van der Waals surface area contributed by atoms with Crippen molar-refractivity contribution in [1.29, 1.82) is 0 Å². The fraction of sp³-hybridized carbons (Fsp3) is 0.188. The van der Waals surface area contributed by atoms with Crippen LogP contribution in [-0.2, 0) is 13.0 Å². The number of carbonyl (C=O) groups excluding carboxylic acids is 1. The van der Waals surface area contributed by atoms with E-state index in [1.807, 2.05) is 54.6 Å². The van der Waals surface area contributed by atoms with E-state index >= 15 is 0 Å². The van der Waals surface area contributed by atoms with Gasteiger partial charge in [0, 0.05) is 12.1 Å². The van der Waals surface area contributed by atoms with Gasteiger partial charge in [-0.05, 0) is 36.2 Å². The zero-order chi connectivity index (χ0) is 13.5. The largest absolute Gasteiger partial charge is 0.348 e. The van der Waals surface area contributed by atoms with Crippen LogP contribution in [0.3, 0.4) is 0 Å². The Kier molecular flexibility index (Phi) is 4.70. The molecule has 0 radical (unpaired) electrons. The zero-order valence-electron chi connectivity index (χ0n) is 10.8. The molecule has 2 rings (SSSR count). The first-order chi connectivity index (χ1) is 9.29. The van der Waals surface area contributed by atoms with E-state index in [2.05, 4.69) is 5.32 Å². The summed E-state index contributed by atoms with van der Waals surface area (Å²) >= 11 is 0. The standard InChI is InChI=1S/C16H18N2O/c17-11-10-13-6-8-15(9-7-13)16(19)18-12-14-4-2-1-3-5-14/h1-9H,10-12,17H2,(H,18,19). The number of hydrogen-bond donors (Lipinski definition) is 2. The second-order valence-corrected chi connectivity index (χ2v) is 4.40. The first kappa shape index (κ1) is 13.3. The van der Waals surface area contributed by atoms with Crippen LogP contribution in [0.2, 0.25) is 0 Å². The molecule has 0 aromatic heterocycles. The lowest BCUT2D eigenvalue weighted by Crippen LogP contribution is -2.22. The summed E-state index contributed by atoms with van der Waals surface area (Å²) in [7, 11) is 0. The molecule has 3 heteroatoms. The summed E-state index contributed by atoms with van der Waals surface area (Å²) in [5.41, 5.74) is 8.42. The van der Waals surface area contributed by atoms with E-state index in [1.54, 1.807) is 0 Å². The molecule has 0 aliphatic rings. The van der Waals surface area contributed by atoms with Gasteiger partial charge in [0.25, 0.3) is 5.91 Å². The molecule has 0 aliphatic heterocycles. The number of nitrogens with two attached hydrogens (primary N) is 1. The van der Waals surface area contributed by atoms with E-state index in [9.17, 15) is 4.79 Å². The van der Waals surface area contributed by atoms with Crippen molar-refractivity contribution in [3.8, 4) is 0 Å². The minimum absolute atomic E-state index is 0.0526. The highest BCUT2D eigenvalue weighted by molar-refractivity contribution is 5.94. The molecule has 2 aromatic rings. The summed E-state index contributed by atoms with van der Waals surface area (Å²) in [6.45, 7) is 1.17. The van der Waals surface area contributed by atoms with Gasteiger partial charge in [-0.15, -0.1) is 0 Å². The Labute approximate surface area is 113 Å². The smallest absolute Gasteiger partial charge is 0.251 e. The van der Waals surface area contributed by atoms with E-state index < -0.39 is 0 Å². The van der Waals surface area contributed by atoms with E-state index in [1.165, 1.54) is 0 Å². The van der Waals surface area contributed by atoms with Crippen LogP contribution in [0.25, 0.3) is 0 Å². The Hall–Kier alpha value is -2.13. The van der Waals surface area contributed by atoms with Crippen LogP contribution in [0.5, 0.6) is 0 Å². The van der Waals surface area contributed by atoms with Gasteiger partial charge in [-0.3, -0.25) is 4.79 Å². The van der Waals surface area contributed by atoms with Gasteiger partial charge in [0.1, 0.15) is 0 Å². The SMILES string of the molecule is NCCc1ccc(C(=O)NCc2ccccc2)cc1. The third-order valence-electron chi connectivity index (χ3n) is 2.95. The van der Waals surface area contributed by atoms with Crippen LogP contribution in [0.4, 0.5) is 0 Å². The van der Waals surface area contributed by atoms with Crippen molar-refractivity contribution in [2.75, 3.05) is 6.54 Å². The van der Waals surface area contributed by atoms with Crippen molar-refractivity contribution < 1.29 is 4.79 Å². The quantitative estimate of drug-likeness (QED) is 0.858. The lowest BCUT2D eigenvalue weighted by molar-refractivity contribution is 0.0951. The molecule has 3 nitrogen and oxygen atoms in total. The molecule has 0 bridgehead atoms.